The van der Waals surface area contributed by atoms with Crippen LogP contribution in [0.2, 0.25) is 0 Å². The van der Waals surface area contributed by atoms with E-state index in [4.69, 9.17) is 19.4 Å². The summed E-state index contributed by atoms with van der Waals surface area (Å²) < 4.78 is 8.59. The van der Waals surface area contributed by atoms with Crippen LogP contribution in [0, 0.1) is 22.7 Å². The number of furan rings is 1. The Morgan fingerprint density at radius 1 is 0.383 bits per heavy atom. The van der Waals surface area contributed by atoms with Crippen LogP contribution in [-0.2, 0) is 0 Å². The molecule has 0 amide bonds. The van der Waals surface area contributed by atoms with Gasteiger partial charge in [0.15, 0.2) is 17.5 Å². The monoisotopic (exact) mass is 766 g/mol. The quantitative estimate of drug-likeness (QED) is 0.167. The first-order chi connectivity index (χ1) is 29.6. The summed E-state index contributed by atoms with van der Waals surface area (Å²) in [4.78, 5) is 15.1. The highest BCUT2D eigenvalue weighted by Gasteiger charge is 2.20. The van der Waals surface area contributed by atoms with Gasteiger partial charge in [0.05, 0.1) is 40.0 Å². The van der Waals surface area contributed by atoms with E-state index in [-0.39, 0.29) is 0 Å². The van der Waals surface area contributed by atoms with Crippen LogP contribution >= 0.6 is 0 Å². The van der Waals surface area contributed by atoms with Crippen LogP contribution in [-0.4, -0.2) is 19.5 Å². The maximum absolute atomic E-state index is 9.73. The van der Waals surface area contributed by atoms with Gasteiger partial charge in [-0.2, -0.15) is 10.5 Å². The topological polar surface area (TPSA) is 104 Å². The molecule has 0 unspecified atom stereocenters. The van der Waals surface area contributed by atoms with Gasteiger partial charge < -0.3 is 8.98 Å². The van der Waals surface area contributed by atoms with E-state index in [1.54, 1.807) is 6.07 Å². The lowest BCUT2D eigenvalue weighted by molar-refractivity contribution is 0.669. The molecule has 0 radical (unpaired) electrons. The summed E-state index contributed by atoms with van der Waals surface area (Å²) in [6.45, 7) is 0. The summed E-state index contributed by atoms with van der Waals surface area (Å²) in [5.74, 6) is 1.75. The molecule has 11 rings (SSSR count). The van der Waals surface area contributed by atoms with Gasteiger partial charge in [-0.3, -0.25) is 0 Å². The molecule has 0 N–H and O–H groups in total. The predicted octanol–water partition coefficient (Wildman–Crippen LogP) is 12.9. The fraction of sp³-hybridized carbons (Fsp3) is 0. The molecule has 0 spiro atoms. The van der Waals surface area contributed by atoms with E-state index in [2.05, 4.69) is 95.6 Å². The number of hydrogen-bond donors (Lipinski definition) is 0. The fourth-order valence-corrected chi connectivity index (χ4v) is 8.27. The van der Waals surface area contributed by atoms with E-state index in [0.717, 1.165) is 88.4 Å². The summed E-state index contributed by atoms with van der Waals surface area (Å²) in [7, 11) is 0. The normalized spacial score (nSPS) is 11.3. The van der Waals surface area contributed by atoms with Gasteiger partial charge in [-0.05, 0) is 89.5 Å². The number of para-hydroxylation sites is 2. The molecule has 0 bridgehead atoms. The van der Waals surface area contributed by atoms with Crippen molar-refractivity contribution in [1.29, 1.82) is 10.5 Å². The van der Waals surface area contributed by atoms with Crippen LogP contribution in [0.5, 0.6) is 0 Å². The molecule has 0 aliphatic heterocycles. The Bertz CT molecular complexity index is 3480. The van der Waals surface area contributed by atoms with Crippen molar-refractivity contribution < 1.29 is 4.42 Å². The molecule has 60 heavy (non-hydrogen) atoms. The first-order valence-electron chi connectivity index (χ1n) is 19.5. The van der Waals surface area contributed by atoms with Crippen molar-refractivity contribution in [2.24, 2.45) is 0 Å². The van der Waals surface area contributed by atoms with Crippen molar-refractivity contribution in [3.05, 3.63) is 193 Å². The molecular weight excluding hydrogens is 737 g/mol. The standard InChI is InChI=1S/C53H30N6O/c54-31-33-25-34(32-55)27-40(26-33)37-19-22-48-44(28-37)41-15-7-9-17-46(41)59(48)47-23-20-39(30-43(47)38-21-24-50-45(29-38)42-16-8-10-18-49(42)60-50)53-57-51(35-11-3-1-4-12-35)56-52(58-53)36-13-5-2-6-14-36/h1-30H. The van der Waals surface area contributed by atoms with Gasteiger partial charge in [0.1, 0.15) is 11.2 Å². The molecule has 0 saturated heterocycles. The number of aromatic nitrogens is 4. The van der Waals surface area contributed by atoms with Crippen LogP contribution in [0.3, 0.4) is 0 Å². The maximum Gasteiger partial charge on any atom is 0.164 e. The average Bonchev–Trinajstić information content (AvgIpc) is 3.86. The van der Waals surface area contributed by atoms with Gasteiger partial charge in [0, 0.05) is 43.8 Å². The van der Waals surface area contributed by atoms with E-state index < -0.39 is 0 Å². The second-order valence-corrected chi connectivity index (χ2v) is 14.7. The molecule has 7 heteroatoms. The molecule has 11 aromatic rings. The SMILES string of the molecule is N#Cc1cc(C#N)cc(-c2ccc3c(c2)c2ccccc2n3-c2ccc(-c3nc(-c4ccccc4)nc(-c4ccccc4)n3)cc2-c2ccc3oc4ccccc4c3c2)c1. The van der Waals surface area contributed by atoms with Gasteiger partial charge in [-0.15, -0.1) is 0 Å². The number of hydrogen-bond acceptors (Lipinski definition) is 6. The van der Waals surface area contributed by atoms with Crippen molar-refractivity contribution in [1.82, 2.24) is 19.5 Å². The van der Waals surface area contributed by atoms with Crippen LogP contribution in [0.15, 0.2) is 186 Å². The number of nitriles is 2. The molecule has 3 aromatic heterocycles. The molecule has 7 nitrogen and oxygen atoms in total. The lowest BCUT2D eigenvalue weighted by Crippen LogP contribution is -2.02. The maximum atomic E-state index is 9.73. The predicted molar refractivity (Wildman–Crippen MR) is 238 cm³/mol. The first-order valence-corrected chi connectivity index (χ1v) is 19.5. The summed E-state index contributed by atoms with van der Waals surface area (Å²) in [6.07, 6.45) is 0. The van der Waals surface area contributed by atoms with Gasteiger partial charge in [0.2, 0.25) is 0 Å². The molecule has 0 fully saturated rings. The Morgan fingerprint density at radius 3 is 1.63 bits per heavy atom. The number of benzene rings is 8. The summed E-state index contributed by atoms with van der Waals surface area (Å²) >= 11 is 0. The van der Waals surface area contributed by atoms with Crippen LogP contribution in [0.1, 0.15) is 11.1 Å². The minimum Gasteiger partial charge on any atom is -0.456 e. The highest BCUT2D eigenvalue weighted by molar-refractivity contribution is 6.11. The fourth-order valence-electron chi connectivity index (χ4n) is 8.27. The highest BCUT2D eigenvalue weighted by Crippen LogP contribution is 2.41. The zero-order valence-electron chi connectivity index (χ0n) is 31.9. The van der Waals surface area contributed by atoms with E-state index >= 15 is 0 Å². The summed E-state index contributed by atoms with van der Waals surface area (Å²) in [6, 6.07) is 65.4. The van der Waals surface area contributed by atoms with Crippen molar-refractivity contribution >= 4 is 43.7 Å². The second-order valence-electron chi connectivity index (χ2n) is 14.7. The molecule has 0 aliphatic carbocycles. The third-order valence-corrected chi connectivity index (χ3v) is 11.1. The van der Waals surface area contributed by atoms with Crippen molar-refractivity contribution in [3.8, 4) is 74.2 Å². The minimum absolute atomic E-state index is 0.448. The Balaban J connectivity index is 1.17. The zero-order chi connectivity index (χ0) is 40.2. The van der Waals surface area contributed by atoms with E-state index in [1.807, 2.05) is 97.1 Å². The molecular formula is C53H30N6O. The number of rotatable bonds is 6. The molecule has 8 aromatic carbocycles. The second kappa shape index (κ2) is 14.1. The smallest absolute Gasteiger partial charge is 0.164 e. The highest BCUT2D eigenvalue weighted by atomic mass is 16.3. The van der Waals surface area contributed by atoms with Crippen molar-refractivity contribution in [2.45, 2.75) is 0 Å². The molecule has 0 aliphatic rings. The minimum atomic E-state index is 0.448. The Hall–Kier alpha value is -8.65. The summed E-state index contributed by atoms with van der Waals surface area (Å²) in [5.41, 5.74) is 12.0. The number of nitrogens with zero attached hydrogens (tertiary/aromatic N) is 6. The van der Waals surface area contributed by atoms with E-state index in [9.17, 15) is 10.5 Å². The Labute approximate surface area is 344 Å². The lowest BCUT2D eigenvalue weighted by atomic mass is 9.98. The zero-order valence-corrected chi connectivity index (χ0v) is 31.9. The molecule has 0 atom stereocenters. The summed E-state index contributed by atoms with van der Waals surface area (Å²) in [5, 5.41) is 23.7. The van der Waals surface area contributed by atoms with Gasteiger partial charge in [-0.25, -0.2) is 15.0 Å². The first kappa shape index (κ1) is 34.6. The van der Waals surface area contributed by atoms with Gasteiger partial charge in [0.25, 0.3) is 0 Å². The van der Waals surface area contributed by atoms with Gasteiger partial charge >= 0.3 is 0 Å². The van der Waals surface area contributed by atoms with Crippen LogP contribution < -0.4 is 0 Å². The molecule has 3 heterocycles. The number of fused-ring (bicyclic) bond motifs is 6. The van der Waals surface area contributed by atoms with Crippen LogP contribution in [0.25, 0.3) is 106 Å². The largest absolute Gasteiger partial charge is 0.456 e. The van der Waals surface area contributed by atoms with Crippen molar-refractivity contribution in [2.75, 3.05) is 0 Å². The third kappa shape index (κ3) is 5.86. The Kier molecular flexibility index (Phi) is 8.11. The molecule has 278 valence electrons. The van der Waals surface area contributed by atoms with Crippen molar-refractivity contribution in [3.63, 3.8) is 0 Å². The van der Waals surface area contributed by atoms with E-state index in [1.165, 1.54) is 0 Å². The molecule has 0 saturated carbocycles. The third-order valence-electron chi connectivity index (χ3n) is 11.1. The van der Waals surface area contributed by atoms with Gasteiger partial charge in [-0.1, -0.05) is 109 Å². The lowest BCUT2D eigenvalue weighted by Gasteiger charge is -2.16. The Morgan fingerprint density at radius 2 is 0.933 bits per heavy atom. The van der Waals surface area contributed by atoms with E-state index in [0.29, 0.717) is 28.6 Å². The average molecular weight is 767 g/mol. The van der Waals surface area contributed by atoms with Crippen LogP contribution in [0.4, 0.5) is 0 Å².